The fraction of sp³-hybridized carbons (Fsp3) is 0.650. The Morgan fingerprint density at radius 3 is 2.92 bits per heavy atom. The van der Waals surface area contributed by atoms with E-state index < -0.39 is 0 Å². The smallest absolute Gasteiger partial charge is 0.227 e. The van der Waals surface area contributed by atoms with E-state index in [1.165, 1.54) is 31.2 Å². The van der Waals surface area contributed by atoms with E-state index in [1.807, 2.05) is 0 Å². The van der Waals surface area contributed by atoms with Crippen molar-refractivity contribution in [1.82, 2.24) is 10.2 Å². The zero-order valence-electron chi connectivity index (χ0n) is 14.4. The summed E-state index contributed by atoms with van der Waals surface area (Å²) in [5, 5.41) is 3.06. The molecular weight excluding hydrogens is 300 g/mol. The largest absolute Gasteiger partial charge is 0.490 e. The highest BCUT2D eigenvalue weighted by Gasteiger charge is 2.45. The number of ether oxygens (including phenoxy) is 1. The van der Waals surface area contributed by atoms with Crippen LogP contribution in [0.3, 0.4) is 0 Å². The van der Waals surface area contributed by atoms with Crippen molar-refractivity contribution in [3.8, 4) is 5.75 Å². The number of carbonyl (C=O) groups excluding carboxylic acids is 1. The van der Waals surface area contributed by atoms with Crippen molar-refractivity contribution >= 4 is 5.91 Å². The van der Waals surface area contributed by atoms with Crippen LogP contribution in [0.2, 0.25) is 0 Å². The molecule has 1 aromatic rings. The third kappa shape index (κ3) is 3.30. The molecular formula is C20H28N2O2. The SMILES string of the molecule is O=C1NCCC[C@@]12CCN(Cc1cccc(OC3CCCC3)c1)C2. The van der Waals surface area contributed by atoms with Gasteiger partial charge in [0, 0.05) is 19.6 Å². The van der Waals surface area contributed by atoms with Crippen LogP contribution in [0.4, 0.5) is 0 Å². The fourth-order valence-electron chi connectivity index (χ4n) is 4.59. The normalized spacial score (nSPS) is 28.4. The number of likely N-dealkylation sites (tertiary alicyclic amines) is 1. The van der Waals surface area contributed by atoms with Crippen LogP contribution in [-0.2, 0) is 11.3 Å². The van der Waals surface area contributed by atoms with Gasteiger partial charge in [0.2, 0.25) is 5.91 Å². The minimum Gasteiger partial charge on any atom is -0.490 e. The molecule has 1 aromatic carbocycles. The molecule has 24 heavy (non-hydrogen) atoms. The first-order valence-corrected chi connectivity index (χ1v) is 9.50. The molecule has 4 rings (SSSR count). The second-order valence-corrected chi connectivity index (χ2v) is 7.77. The maximum Gasteiger partial charge on any atom is 0.227 e. The summed E-state index contributed by atoms with van der Waals surface area (Å²) >= 11 is 0. The Morgan fingerprint density at radius 1 is 1.21 bits per heavy atom. The van der Waals surface area contributed by atoms with E-state index in [0.29, 0.717) is 6.10 Å². The molecule has 4 heteroatoms. The van der Waals surface area contributed by atoms with Gasteiger partial charge in [-0.3, -0.25) is 9.69 Å². The van der Waals surface area contributed by atoms with Gasteiger partial charge in [0.25, 0.3) is 0 Å². The highest BCUT2D eigenvalue weighted by molar-refractivity contribution is 5.84. The maximum atomic E-state index is 12.3. The van der Waals surface area contributed by atoms with E-state index >= 15 is 0 Å². The number of hydrogen-bond acceptors (Lipinski definition) is 3. The summed E-state index contributed by atoms with van der Waals surface area (Å²) in [6, 6.07) is 8.53. The molecule has 1 N–H and O–H groups in total. The van der Waals surface area contributed by atoms with E-state index in [2.05, 4.69) is 34.5 Å². The van der Waals surface area contributed by atoms with Crippen molar-refractivity contribution in [2.45, 2.75) is 57.6 Å². The summed E-state index contributed by atoms with van der Waals surface area (Å²) in [6.07, 6.45) is 8.52. The van der Waals surface area contributed by atoms with Crippen molar-refractivity contribution in [2.24, 2.45) is 5.41 Å². The van der Waals surface area contributed by atoms with Gasteiger partial charge in [-0.1, -0.05) is 12.1 Å². The van der Waals surface area contributed by atoms with Crippen LogP contribution in [0.1, 0.15) is 50.5 Å². The molecule has 1 aliphatic carbocycles. The molecule has 1 atom stereocenters. The van der Waals surface area contributed by atoms with E-state index in [0.717, 1.165) is 51.2 Å². The van der Waals surface area contributed by atoms with Gasteiger partial charge < -0.3 is 10.1 Å². The van der Waals surface area contributed by atoms with E-state index in [-0.39, 0.29) is 11.3 Å². The van der Waals surface area contributed by atoms with E-state index in [9.17, 15) is 4.79 Å². The lowest BCUT2D eigenvalue weighted by molar-refractivity contribution is -0.132. The molecule has 0 unspecified atom stereocenters. The van der Waals surface area contributed by atoms with Crippen LogP contribution in [-0.4, -0.2) is 36.5 Å². The van der Waals surface area contributed by atoms with Gasteiger partial charge in [-0.2, -0.15) is 0 Å². The van der Waals surface area contributed by atoms with Gasteiger partial charge in [-0.05, 0) is 69.2 Å². The summed E-state index contributed by atoms with van der Waals surface area (Å²) < 4.78 is 6.12. The number of hydrogen-bond donors (Lipinski definition) is 1. The molecule has 3 fully saturated rings. The number of piperidine rings is 1. The maximum absolute atomic E-state index is 12.3. The Kier molecular flexibility index (Phi) is 4.49. The second-order valence-electron chi connectivity index (χ2n) is 7.77. The van der Waals surface area contributed by atoms with Crippen LogP contribution in [0.15, 0.2) is 24.3 Å². The minimum atomic E-state index is -0.129. The lowest BCUT2D eigenvalue weighted by atomic mass is 9.79. The molecule has 4 nitrogen and oxygen atoms in total. The second kappa shape index (κ2) is 6.75. The first-order valence-electron chi connectivity index (χ1n) is 9.50. The number of amides is 1. The number of nitrogens with one attached hydrogen (secondary N) is 1. The Morgan fingerprint density at radius 2 is 2.08 bits per heavy atom. The zero-order valence-corrected chi connectivity index (χ0v) is 14.4. The van der Waals surface area contributed by atoms with Crippen molar-refractivity contribution < 1.29 is 9.53 Å². The Hall–Kier alpha value is -1.55. The first-order chi connectivity index (χ1) is 11.7. The molecule has 130 valence electrons. The Labute approximate surface area is 144 Å². The van der Waals surface area contributed by atoms with Crippen molar-refractivity contribution in [3.63, 3.8) is 0 Å². The Bertz CT molecular complexity index is 597. The van der Waals surface area contributed by atoms with Gasteiger partial charge in [0.05, 0.1) is 11.5 Å². The topological polar surface area (TPSA) is 41.6 Å². The molecule has 0 radical (unpaired) electrons. The van der Waals surface area contributed by atoms with Gasteiger partial charge in [-0.15, -0.1) is 0 Å². The van der Waals surface area contributed by atoms with Gasteiger partial charge >= 0.3 is 0 Å². The van der Waals surface area contributed by atoms with Crippen LogP contribution < -0.4 is 10.1 Å². The zero-order chi connectivity index (χ0) is 16.4. The molecule has 2 heterocycles. The van der Waals surface area contributed by atoms with E-state index in [4.69, 9.17) is 4.74 Å². The predicted octanol–water partition coefficient (Wildman–Crippen LogP) is 3.11. The van der Waals surface area contributed by atoms with E-state index in [1.54, 1.807) is 0 Å². The van der Waals surface area contributed by atoms with Crippen LogP contribution in [0, 0.1) is 5.41 Å². The summed E-state index contributed by atoms with van der Waals surface area (Å²) in [6.45, 7) is 3.67. The number of benzene rings is 1. The standard InChI is InChI=1S/C20H28N2O2/c23-19-20(9-4-11-21-19)10-12-22(15-20)14-16-5-3-8-18(13-16)24-17-6-1-2-7-17/h3,5,8,13,17H,1-2,4,6-7,9-12,14-15H2,(H,21,23)/t20-/m0/s1. The fourth-order valence-corrected chi connectivity index (χ4v) is 4.59. The van der Waals surface area contributed by atoms with Crippen LogP contribution >= 0.6 is 0 Å². The molecule has 2 aliphatic heterocycles. The van der Waals surface area contributed by atoms with Crippen molar-refractivity contribution in [1.29, 1.82) is 0 Å². The lowest BCUT2D eigenvalue weighted by Gasteiger charge is -2.32. The third-order valence-corrected chi connectivity index (χ3v) is 5.94. The Balaban J connectivity index is 1.38. The van der Waals surface area contributed by atoms with Crippen LogP contribution in [0.25, 0.3) is 0 Å². The highest BCUT2D eigenvalue weighted by atomic mass is 16.5. The summed E-state index contributed by atoms with van der Waals surface area (Å²) in [7, 11) is 0. The minimum absolute atomic E-state index is 0.129. The molecule has 0 bridgehead atoms. The lowest BCUT2D eigenvalue weighted by Crippen LogP contribution is -2.47. The number of rotatable bonds is 4. The highest BCUT2D eigenvalue weighted by Crippen LogP contribution is 2.38. The number of carbonyl (C=O) groups is 1. The molecule has 1 saturated carbocycles. The molecule has 0 aromatic heterocycles. The average Bonchev–Trinajstić information content (AvgIpc) is 3.22. The number of nitrogens with zero attached hydrogens (tertiary/aromatic N) is 1. The monoisotopic (exact) mass is 328 g/mol. The summed E-state index contributed by atoms with van der Waals surface area (Å²) in [5.41, 5.74) is 1.16. The molecule has 1 spiro atoms. The van der Waals surface area contributed by atoms with Gasteiger partial charge in [0.1, 0.15) is 5.75 Å². The van der Waals surface area contributed by atoms with Gasteiger partial charge in [-0.25, -0.2) is 0 Å². The van der Waals surface area contributed by atoms with Crippen molar-refractivity contribution in [3.05, 3.63) is 29.8 Å². The molecule has 2 saturated heterocycles. The predicted molar refractivity (Wildman–Crippen MR) is 93.9 cm³/mol. The molecule has 1 amide bonds. The summed E-state index contributed by atoms with van der Waals surface area (Å²) in [5.74, 6) is 1.28. The van der Waals surface area contributed by atoms with Gasteiger partial charge in [0.15, 0.2) is 0 Å². The first kappa shape index (κ1) is 15.9. The average molecular weight is 328 g/mol. The molecule has 3 aliphatic rings. The van der Waals surface area contributed by atoms with Crippen molar-refractivity contribution in [2.75, 3.05) is 19.6 Å². The summed E-state index contributed by atoms with van der Waals surface area (Å²) in [4.78, 5) is 14.7. The van der Waals surface area contributed by atoms with Crippen LogP contribution in [0.5, 0.6) is 5.75 Å². The quantitative estimate of drug-likeness (QED) is 0.923. The third-order valence-electron chi connectivity index (χ3n) is 5.94.